The van der Waals surface area contributed by atoms with E-state index < -0.39 is 0 Å². The van der Waals surface area contributed by atoms with Gasteiger partial charge in [0.15, 0.2) is 0 Å². The van der Waals surface area contributed by atoms with Crippen LogP contribution in [0, 0.1) is 6.92 Å². The summed E-state index contributed by atoms with van der Waals surface area (Å²) in [7, 11) is 0. The summed E-state index contributed by atoms with van der Waals surface area (Å²) in [5.41, 5.74) is 7.62. The number of rotatable bonds is 6. The van der Waals surface area contributed by atoms with Crippen LogP contribution in [0.2, 0.25) is 0 Å². The Balaban J connectivity index is 2.15. The van der Waals surface area contributed by atoms with Crippen molar-refractivity contribution in [3.8, 4) is 0 Å². The molecule has 0 heterocycles. The molecule has 3 nitrogen and oxygen atoms in total. The molecule has 1 aromatic carbocycles. The van der Waals surface area contributed by atoms with Crippen LogP contribution in [0.15, 0.2) is 24.3 Å². The number of carbonyl (C=O) groups excluding carboxylic acids is 1. The van der Waals surface area contributed by atoms with Crippen LogP contribution in [0.25, 0.3) is 0 Å². The first-order chi connectivity index (χ1) is 10.2. The maximum atomic E-state index is 12.9. The summed E-state index contributed by atoms with van der Waals surface area (Å²) in [6.45, 7) is 3.53. The first-order valence-electron chi connectivity index (χ1n) is 8.24. The minimum Gasteiger partial charge on any atom is -0.355 e. The van der Waals surface area contributed by atoms with E-state index in [0.29, 0.717) is 6.54 Å². The van der Waals surface area contributed by atoms with Crippen molar-refractivity contribution < 1.29 is 4.79 Å². The maximum absolute atomic E-state index is 12.9. The first-order valence-corrected chi connectivity index (χ1v) is 8.24. The number of hydrogen-bond acceptors (Lipinski definition) is 2. The number of unbranched alkanes of at least 4 members (excludes halogenated alkanes) is 1. The Bertz CT molecular complexity index is 464. The first kappa shape index (κ1) is 16.0. The Morgan fingerprint density at radius 3 is 2.67 bits per heavy atom. The highest BCUT2D eigenvalue weighted by Gasteiger charge is 2.40. The molecule has 0 aromatic heterocycles. The number of aryl methyl sites for hydroxylation is 1. The summed E-state index contributed by atoms with van der Waals surface area (Å²) in [5.74, 6) is 0.213. The zero-order chi connectivity index (χ0) is 15.1. The molecule has 0 aliphatic heterocycles. The molecule has 3 N–H and O–H groups in total. The van der Waals surface area contributed by atoms with Gasteiger partial charge in [-0.3, -0.25) is 4.79 Å². The van der Waals surface area contributed by atoms with E-state index in [4.69, 9.17) is 5.73 Å². The van der Waals surface area contributed by atoms with E-state index in [9.17, 15) is 4.79 Å². The Morgan fingerprint density at radius 2 is 2.00 bits per heavy atom. The molecule has 116 valence electrons. The largest absolute Gasteiger partial charge is 0.355 e. The Kier molecular flexibility index (Phi) is 5.80. The van der Waals surface area contributed by atoms with Gasteiger partial charge in [0.05, 0.1) is 5.41 Å². The van der Waals surface area contributed by atoms with E-state index in [0.717, 1.165) is 45.1 Å². The third-order valence-electron chi connectivity index (χ3n) is 4.63. The van der Waals surface area contributed by atoms with E-state index in [-0.39, 0.29) is 11.3 Å². The molecule has 0 radical (unpaired) electrons. The topological polar surface area (TPSA) is 55.1 Å². The molecule has 0 unspecified atom stereocenters. The molecule has 1 aliphatic rings. The maximum Gasteiger partial charge on any atom is 0.230 e. The highest BCUT2D eigenvalue weighted by molar-refractivity contribution is 5.88. The second kappa shape index (κ2) is 7.60. The molecule has 1 saturated carbocycles. The van der Waals surface area contributed by atoms with Crippen molar-refractivity contribution >= 4 is 5.91 Å². The fraction of sp³-hybridized carbons (Fsp3) is 0.611. The predicted molar refractivity (Wildman–Crippen MR) is 87.2 cm³/mol. The molecule has 21 heavy (non-hydrogen) atoms. The lowest BCUT2D eigenvalue weighted by molar-refractivity contribution is -0.128. The van der Waals surface area contributed by atoms with Gasteiger partial charge in [0.2, 0.25) is 5.91 Å². The number of hydrogen-bond donors (Lipinski definition) is 2. The normalized spacial score (nSPS) is 17.4. The molecule has 1 amide bonds. The van der Waals surface area contributed by atoms with Crippen molar-refractivity contribution in [3.05, 3.63) is 35.4 Å². The number of carbonyl (C=O) groups is 1. The van der Waals surface area contributed by atoms with Crippen LogP contribution in [0.3, 0.4) is 0 Å². The summed E-state index contributed by atoms with van der Waals surface area (Å²) < 4.78 is 0. The second-order valence-electron chi connectivity index (χ2n) is 6.26. The van der Waals surface area contributed by atoms with Crippen LogP contribution in [-0.4, -0.2) is 19.0 Å². The average molecular weight is 288 g/mol. The molecule has 0 saturated heterocycles. The van der Waals surface area contributed by atoms with Gasteiger partial charge in [0, 0.05) is 6.54 Å². The lowest BCUT2D eigenvalue weighted by atomic mass is 9.68. The smallest absolute Gasteiger partial charge is 0.230 e. The van der Waals surface area contributed by atoms with Gasteiger partial charge in [-0.25, -0.2) is 0 Å². The minimum absolute atomic E-state index is 0.213. The van der Waals surface area contributed by atoms with Gasteiger partial charge < -0.3 is 11.1 Å². The van der Waals surface area contributed by atoms with Crippen molar-refractivity contribution in [2.24, 2.45) is 5.73 Å². The lowest BCUT2D eigenvalue weighted by Gasteiger charge is -2.36. The third-order valence-corrected chi connectivity index (χ3v) is 4.63. The van der Waals surface area contributed by atoms with Gasteiger partial charge in [0.25, 0.3) is 0 Å². The van der Waals surface area contributed by atoms with Crippen molar-refractivity contribution in [1.29, 1.82) is 0 Å². The van der Waals surface area contributed by atoms with Crippen LogP contribution in [0.5, 0.6) is 0 Å². The van der Waals surface area contributed by atoms with Gasteiger partial charge >= 0.3 is 0 Å². The third kappa shape index (κ3) is 3.85. The highest BCUT2D eigenvalue weighted by atomic mass is 16.2. The van der Waals surface area contributed by atoms with Gasteiger partial charge in [-0.05, 0) is 44.7 Å². The van der Waals surface area contributed by atoms with Crippen molar-refractivity contribution in [2.75, 3.05) is 13.1 Å². The standard InChI is InChI=1S/C18H28N2O/c1-15-8-7-9-16(14-15)18(10-3-2-4-11-18)17(21)20-13-6-5-12-19/h7-9,14H,2-6,10-13,19H2,1H3,(H,20,21). The van der Waals surface area contributed by atoms with Crippen molar-refractivity contribution in [3.63, 3.8) is 0 Å². The number of nitrogens with one attached hydrogen (secondary N) is 1. The van der Waals surface area contributed by atoms with Crippen LogP contribution >= 0.6 is 0 Å². The fourth-order valence-corrected chi connectivity index (χ4v) is 3.39. The Labute approximate surface area is 128 Å². The SMILES string of the molecule is Cc1cccc(C2(C(=O)NCCCCN)CCCCC2)c1. The van der Waals surface area contributed by atoms with Gasteiger partial charge in [-0.15, -0.1) is 0 Å². The Hall–Kier alpha value is -1.35. The van der Waals surface area contributed by atoms with Crippen LogP contribution in [0.1, 0.15) is 56.1 Å². The quantitative estimate of drug-likeness (QED) is 0.790. The Morgan fingerprint density at radius 1 is 1.24 bits per heavy atom. The zero-order valence-electron chi connectivity index (χ0n) is 13.2. The number of amides is 1. The second-order valence-corrected chi connectivity index (χ2v) is 6.26. The number of benzene rings is 1. The van der Waals surface area contributed by atoms with Crippen LogP contribution in [-0.2, 0) is 10.2 Å². The lowest BCUT2D eigenvalue weighted by Crippen LogP contribution is -2.46. The summed E-state index contributed by atoms with van der Waals surface area (Å²) >= 11 is 0. The van der Waals surface area contributed by atoms with E-state index in [1.165, 1.54) is 17.5 Å². The molecule has 0 bridgehead atoms. The summed E-state index contributed by atoms with van der Waals surface area (Å²) in [5, 5.41) is 3.15. The molecule has 1 aliphatic carbocycles. The number of nitrogens with two attached hydrogens (primary N) is 1. The van der Waals surface area contributed by atoms with Crippen molar-refractivity contribution in [2.45, 2.75) is 57.3 Å². The monoisotopic (exact) mass is 288 g/mol. The average Bonchev–Trinajstić information content (AvgIpc) is 2.52. The molecule has 0 atom stereocenters. The highest BCUT2D eigenvalue weighted by Crippen LogP contribution is 2.40. The molecule has 2 rings (SSSR count). The van der Waals surface area contributed by atoms with E-state index in [2.05, 4.69) is 36.5 Å². The van der Waals surface area contributed by atoms with Gasteiger partial charge in [-0.2, -0.15) is 0 Å². The molecule has 3 heteroatoms. The predicted octanol–water partition coefficient (Wildman–Crippen LogP) is 3.05. The van der Waals surface area contributed by atoms with Crippen LogP contribution in [0.4, 0.5) is 0 Å². The molecule has 0 spiro atoms. The molecular formula is C18H28N2O. The summed E-state index contributed by atoms with van der Waals surface area (Å²) in [4.78, 5) is 12.9. The molecule has 1 fully saturated rings. The van der Waals surface area contributed by atoms with Gasteiger partial charge in [0.1, 0.15) is 0 Å². The van der Waals surface area contributed by atoms with Gasteiger partial charge in [-0.1, -0.05) is 49.1 Å². The molecular weight excluding hydrogens is 260 g/mol. The minimum atomic E-state index is -0.313. The summed E-state index contributed by atoms with van der Waals surface area (Å²) in [6.07, 6.45) is 7.41. The molecule has 1 aromatic rings. The van der Waals surface area contributed by atoms with E-state index >= 15 is 0 Å². The zero-order valence-corrected chi connectivity index (χ0v) is 13.2. The van der Waals surface area contributed by atoms with E-state index in [1.54, 1.807) is 0 Å². The summed E-state index contributed by atoms with van der Waals surface area (Å²) in [6, 6.07) is 8.48. The van der Waals surface area contributed by atoms with Crippen molar-refractivity contribution in [1.82, 2.24) is 5.32 Å². The van der Waals surface area contributed by atoms with E-state index in [1.807, 2.05) is 0 Å². The fourth-order valence-electron chi connectivity index (χ4n) is 3.39. The van der Waals surface area contributed by atoms with Crippen LogP contribution < -0.4 is 11.1 Å².